The summed E-state index contributed by atoms with van der Waals surface area (Å²) in [5, 5.41) is 3.24. The highest BCUT2D eigenvalue weighted by molar-refractivity contribution is 7.99. The van der Waals surface area contributed by atoms with Crippen LogP contribution in [0.2, 0.25) is 0 Å². The average Bonchev–Trinajstić information content (AvgIpc) is 3.12. The zero-order valence-electron chi connectivity index (χ0n) is 14.8. The van der Waals surface area contributed by atoms with Crippen LogP contribution in [0, 0.1) is 0 Å². The zero-order valence-corrected chi connectivity index (χ0v) is 15.6. The summed E-state index contributed by atoms with van der Waals surface area (Å²) in [6.45, 7) is 5.39. The summed E-state index contributed by atoms with van der Waals surface area (Å²) in [5.41, 5.74) is 8.76. The number of benzene rings is 1. The van der Waals surface area contributed by atoms with E-state index in [4.69, 9.17) is 10.7 Å². The summed E-state index contributed by atoms with van der Waals surface area (Å²) in [6.07, 6.45) is 6.23. The van der Waals surface area contributed by atoms with E-state index in [1.165, 1.54) is 55.8 Å². The van der Waals surface area contributed by atoms with Gasteiger partial charge in [-0.25, -0.2) is 0 Å². The molecule has 0 aromatic heterocycles. The molecule has 1 aromatic carbocycles. The molecule has 2 fully saturated rings. The number of rotatable bonds is 5. The Kier molecular flexibility index (Phi) is 6.06. The Morgan fingerprint density at radius 3 is 2.50 bits per heavy atom. The summed E-state index contributed by atoms with van der Waals surface area (Å²) < 4.78 is 0. The van der Waals surface area contributed by atoms with Gasteiger partial charge in [0.05, 0.1) is 6.54 Å². The number of nitrogens with zero attached hydrogens (tertiary/aromatic N) is 2. The van der Waals surface area contributed by atoms with Gasteiger partial charge in [-0.05, 0) is 37.0 Å². The molecule has 5 heteroatoms. The largest absolute Gasteiger partial charge is 0.370 e. The van der Waals surface area contributed by atoms with Crippen LogP contribution in [0.5, 0.6) is 0 Å². The summed E-state index contributed by atoms with van der Waals surface area (Å²) in [6, 6.07) is 8.43. The van der Waals surface area contributed by atoms with Crippen molar-refractivity contribution >= 4 is 23.4 Å². The number of aliphatic imine (C=N–C) groups is 1. The van der Waals surface area contributed by atoms with Gasteiger partial charge in [0.15, 0.2) is 5.96 Å². The Morgan fingerprint density at radius 1 is 1.21 bits per heavy atom. The van der Waals surface area contributed by atoms with Gasteiger partial charge in [0.25, 0.3) is 0 Å². The van der Waals surface area contributed by atoms with Crippen molar-refractivity contribution < 1.29 is 0 Å². The molecule has 0 atom stereocenters. The monoisotopic (exact) mass is 346 g/mol. The lowest BCUT2D eigenvalue weighted by Gasteiger charge is -2.42. The number of nitrogens with one attached hydrogen (secondary N) is 1. The Morgan fingerprint density at radius 2 is 1.88 bits per heavy atom. The van der Waals surface area contributed by atoms with E-state index in [-0.39, 0.29) is 5.54 Å². The van der Waals surface area contributed by atoms with Gasteiger partial charge in [0.2, 0.25) is 0 Å². The second-order valence-electron chi connectivity index (χ2n) is 6.91. The maximum atomic E-state index is 6.16. The first kappa shape index (κ1) is 17.6. The molecule has 3 rings (SSSR count). The normalized spacial score (nSPS) is 21.8. The minimum absolute atomic E-state index is 0.249. The third-order valence-electron chi connectivity index (χ3n) is 5.39. The van der Waals surface area contributed by atoms with E-state index in [0.29, 0.717) is 5.96 Å². The third-order valence-corrected chi connectivity index (χ3v) is 6.34. The SMILES string of the molecule is CCc1ccc(NC(N)=NCC2(N3CCSCC3)CCCC2)cc1. The highest BCUT2D eigenvalue weighted by Crippen LogP contribution is 2.37. The summed E-state index contributed by atoms with van der Waals surface area (Å²) in [7, 11) is 0. The van der Waals surface area contributed by atoms with Crippen LogP contribution in [0.25, 0.3) is 0 Å². The Bertz CT molecular complexity index is 543. The molecule has 0 amide bonds. The number of guanidine groups is 1. The van der Waals surface area contributed by atoms with E-state index in [9.17, 15) is 0 Å². The van der Waals surface area contributed by atoms with Crippen molar-refractivity contribution in [2.24, 2.45) is 10.7 Å². The molecule has 0 spiro atoms. The number of hydrogen-bond donors (Lipinski definition) is 2. The molecule has 1 aliphatic carbocycles. The summed E-state index contributed by atoms with van der Waals surface area (Å²) in [4.78, 5) is 7.41. The number of nitrogens with two attached hydrogens (primary N) is 1. The van der Waals surface area contributed by atoms with E-state index in [2.05, 4.69) is 53.2 Å². The average molecular weight is 347 g/mol. The van der Waals surface area contributed by atoms with Crippen LogP contribution in [0.1, 0.15) is 38.2 Å². The fourth-order valence-electron chi connectivity index (χ4n) is 3.89. The molecule has 4 nitrogen and oxygen atoms in total. The van der Waals surface area contributed by atoms with E-state index in [1.54, 1.807) is 0 Å². The summed E-state index contributed by atoms with van der Waals surface area (Å²) in [5.74, 6) is 3.04. The fraction of sp³-hybridized carbons (Fsp3) is 0.632. The maximum Gasteiger partial charge on any atom is 0.193 e. The van der Waals surface area contributed by atoms with Gasteiger partial charge >= 0.3 is 0 Å². The van der Waals surface area contributed by atoms with Gasteiger partial charge in [-0.2, -0.15) is 11.8 Å². The van der Waals surface area contributed by atoms with Crippen molar-refractivity contribution in [2.75, 3.05) is 36.5 Å². The Balaban J connectivity index is 1.62. The molecule has 1 aliphatic heterocycles. The zero-order chi connectivity index (χ0) is 16.8. The second-order valence-corrected chi connectivity index (χ2v) is 8.13. The standard InChI is InChI=1S/C19H30N4S/c1-2-16-5-7-17(8-6-16)22-18(20)21-15-19(9-3-4-10-19)23-11-13-24-14-12-23/h5-8H,2-4,9-15H2,1H3,(H3,20,21,22). The second kappa shape index (κ2) is 8.26. The van der Waals surface area contributed by atoms with Crippen LogP contribution in [-0.4, -0.2) is 47.5 Å². The van der Waals surface area contributed by atoms with Crippen LogP contribution in [-0.2, 0) is 6.42 Å². The minimum Gasteiger partial charge on any atom is -0.370 e. The molecule has 1 saturated heterocycles. The van der Waals surface area contributed by atoms with Gasteiger partial charge in [0, 0.05) is 35.8 Å². The van der Waals surface area contributed by atoms with Gasteiger partial charge in [0.1, 0.15) is 0 Å². The van der Waals surface area contributed by atoms with Gasteiger partial charge in [-0.15, -0.1) is 0 Å². The number of aryl methyl sites for hydroxylation is 1. The molecule has 132 valence electrons. The molecule has 0 unspecified atom stereocenters. The van der Waals surface area contributed by atoms with Gasteiger partial charge < -0.3 is 11.1 Å². The van der Waals surface area contributed by atoms with E-state index in [0.717, 1.165) is 18.7 Å². The molecule has 1 heterocycles. The van der Waals surface area contributed by atoms with Crippen molar-refractivity contribution in [2.45, 2.75) is 44.6 Å². The molecule has 0 bridgehead atoms. The van der Waals surface area contributed by atoms with Crippen LogP contribution in [0.4, 0.5) is 5.69 Å². The minimum atomic E-state index is 0.249. The third kappa shape index (κ3) is 4.25. The van der Waals surface area contributed by atoms with E-state index in [1.807, 2.05) is 0 Å². The molecular formula is C19H30N4S. The number of anilines is 1. The van der Waals surface area contributed by atoms with E-state index < -0.39 is 0 Å². The molecule has 3 N–H and O–H groups in total. The summed E-state index contributed by atoms with van der Waals surface area (Å²) >= 11 is 2.07. The molecule has 24 heavy (non-hydrogen) atoms. The lowest BCUT2D eigenvalue weighted by molar-refractivity contribution is 0.112. The first-order valence-electron chi connectivity index (χ1n) is 9.20. The first-order valence-corrected chi connectivity index (χ1v) is 10.4. The van der Waals surface area contributed by atoms with Crippen LogP contribution < -0.4 is 11.1 Å². The molecule has 1 aromatic rings. The van der Waals surface area contributed by atoms with Crippen LogP contribution in [0.3, 0.4) is 0 Å². The van der Waals surface area contributed by atoms with Crippen LogP contribution in [0.15, 0.2) is 29.3 Å². The molecule has 1 saturated carbocycles. The lowest BCUT2D eigenvalue weighted by atomic mass is 9.95. The molecular weight excluding hydrogens is 316 g/mol. The molecule has 0 radical (unpaired) electrons. The van der Waals surface area contributed by atoms with Crippen molar-refractivity contribution in [3.05, 3.63) is 29.8 Å². The number of hydrogen-bond acceptors (Lipinski definition) is 3. The van der Waals surface area contributed by atoms with Gasteiger partial charge in [-0.3, -0.25) is 9.89 Å². The first-order chi connectivity index (χ1) is 11.7. The van der Waals surface area contributed by atoms with Crippen molar-refractivity contribution in [1.82, 2.24) is 4.90 Å². The highest BCUT2D eigenvalue weighted by atomic mass is 32.2. The van der Waals surface area contributed by atoms with Crippen LogP contribution >= 0.6 is 11.8 Å². The highest BCUT2D eigenvalue weighted by Gasteiger charge is 2.39. The Hall–Kier alpha value is -1.20. The predicted molar refractivity (Wildman–Crippen MR) is 106 cm³/mol. The Labute approximate surface area is 150 Å². The quantitative estimate of drug-likeness (QED) is 0.634. The lowest BCUT2D eigenvalue weighted by Crippen LogP contribution is -2.52. The topological polar surface area (TPSA) is 53.6 Å². The smallest absolute Gasteiger partial charge is 0.193 e. The van der Waals surface area contributed by atoms with Crippen molar-refractivity contribution in [3.63, 3.8) is 0 Å². The van der Waals surface area contributed by atoms with Crippen molar-refractivity contribution in [1.29, 1.82) is 0 Å². The van der Waals surface area contributed by atoms with E-state index >= 15 is 0 Å². The van der Waals surface area contributed by atoms with Crippen molar-refractivity contribution in [3.8, 4) is 0 Å². The van der Waals surface area contributed by atoms with Gasteiger partial charge in [-0.1, -0.05) is 31.9 Å². The predicted octanol–water partition coefficient (Wildman–Crippen LogP) is 3.34. The maximum absolute atomic E-state index is 6.16. The fourth-order valence-corrected chi connectivity index (χ4v) is 4.79. The number of thioether (sulfide) groups is 1. The molecule has 2 aliphatic rings.